The van der Waals surface area contributed by atoms with Crippen molar-refractivity contribution >= 4 is 6.29 Å². The van der Waals surface area contributed by atoms with Crippen molar-refractivity contribution in [3.8, 4) is 0 Å². The predicted molar refractivity (Wildman–Crippen MR) is 37.6 cm³/mol. The first-order chi connectivity index (χ1) is 4.83. The van der Waals surface area contributed by atoms with Crippen LogP contribution in [0.25, 0.3) is 0 Å². The fraction of sp³-hybridized carbons (Fsp3) is 0.429. The molecule has 3 heteroatoms. The van der Waals surface area contributed by atoms with Gasteiger partial charge in [0.25, 0.3) is 0 Å². The van der Waals surface area contributed by atoms with Crippen LogP contribution in [0, 0.1) is 0 Å². The van der Waals surface area contributed by atoms with Gasteiger partial charge >= 0.3 is 0 Å². The number of hydrogen-bond donors (Lipinski definition) is 0. The van der Waals surface area contributed by atoms with E-state index in [4.69, 9.17) is 0 Å². The number of aromatic nitrogens is 2. The highest BCUT2D eigenvalue weighted by Crippen LogP contribution is 1.98. The van der Waals surface area contributed by atoms with Crippen LogP contribution in [0.2, 0.25) is 0 Å². The largest absolute Gasteiger partial charge is 0.303 e. The van der Waals surface area contributed by atoms with Gasteiger partial charge in [0, 0.05) is 19.7 Å². The van der Waals surface area contributed by atoms with Crippen LogP contribution in [0.5, 0.6) is 0 Å². The van der Waals surface area contributed by atoms with Gasteiger partial charge in [-0.05, 0) is 12.0 Å². The van der Waals surface area contributed by atoms with Crippen LogP contribution in [0.1, 0.15) is 12.0 Å². The Labute approximate surface area is 59.7 Å². The highest BCUT2D eigenvalue weighted by molar-refractivity contribution is 5.49. The fourth-order valence-corrected chi connectivity index (χ4v) is 0.827. The van der Waals surface area contributed by atoms with Gasteiger partial charge in [-0.1, -0.05) is 0 Å². The molecule has 3 nitrogen and oxygen atoms in total. The van der Waals surface area contributed by atoms with Crippen molar-refractivity contribution in [2.75, 3.05) is 0 Å². The van der Waals surface area contributed by atoms with E-state index in [1.807, 2.05) is 13.2 Å². The van der Waals surface area contributed by atoms with Gasteiger partial charge in [0.15, 0.2) is 0 Å². The molecule has 0 fully saturated rings. The van der Waals surface area contributed by atoms with E-state index in [0.717, 1.165) is 18.3 Å². The molecule has 0 bridgehead atoms. The molecule has 0 saturated carbocycles. The van der Waals surface area contributed by atoms with Crippen molar-refractivity contribution in [2.24, 2.45) is 7.05 Å². The van der Waals surface area contributed by atoms with E-state index in [2.05, 4.69) is 5.10 Å². The van der Waals surface area contributed by atoms with E-state index in [1.54, 1.807) is 10.9 Å². The molecule has 0 radical (unpaired) electrons. The number of aryl methyl sites for hydroxylation is 2. The maximum Gasteiger partial charge on any atom is 0.120 e. The van der Waals surface area contributed by atoms with Crippen LogP contribution in [-0.2, 0) is 18.3 Å². The van der Waals surface area contributed by atoms with Crippen molar-refractivity contribution in [3.63, 3.8) is 0 Å². The van der Waals surface area contributed by atoms with Crippen LogP contribution >= 0.6 is 0 Å². The Morgan fingerprint density at radius 2 is 2.60 bits per heavy atom. The first-order valence-corrected chi connectivity index (χ1v) is 3.24. The lowest BCUT2D eigenvalue weighted by molar-refractivity contribution is -0.107. The quantitative estimate of drug-likeness (QED) is 0.572. The molecule has 1 rings (SSSR count). The van der Waals surface area contributed by atoms with E-state index < -0.39 is 0 Å². The van der Waals surface area contributed by atoms with Crippen molar-refractivity contribution in [1.82, 2.24) is 9.78 Å². The molecular formula is C7H10N2O. The van der Waals surface area contributed by atoms with Gasteiger partial charge < -0.3 is 4.79 Å². The molecule has 0 aromatic carbocycles. The number of rotatable bonds is 3. The Morgan fingerprint density at radius 1 is 1.80 bits per heavy atom. The molecule has 0 saturated heterocycles. The van der Waals surface area contributed by atoms with Crippen molar-refractivity contribution in [1.29, 1.82) is 0 Å². The van der Waals surface area contributed by atoms with Gasteiger partial charge in [-0.3, -0.25) is 4.68 Å². The normalized spacial score (nSPS) is 9.70. The average Bonchev–Trinajstić information content (AvgIpc) is 2.31. The Morgan fingerprint density at radius 3 is 3.10 bits per heavy atom. The van der Waals surface area contributed by atoms with Crippen molar-refractivity contribution < 1.29 is 4.79 Å². The lowest BCUT2D eigenvalue weighted by Gasteiger charge is -1.86. The fourth-order valence-electron chi connectivity index (χ4n) is 0.827. The Kier molecular flexibility index (Phi) is 2.20. The van der Waals surface area contributed by atoms with Gasteiger partial charge in [-0.25, -0.2) is 0 Å². The van der Waals surface area contributed by atoms with E-state index in [9.17, 15) is 4.79 Å². The van der Waals surface area contributed by atoms with Crippen LogP contribution < -0.4 is 0 Å². The summed E-state index contributed by atoms with van der Waals surface area (Å²) in [4.78, 5) is 9.96. The van der Waals surface area contributed by atoms with Gasteiger partial charge in [0.1, 0.15) is 6.29 Å². The number of hydrogen-bond acceptors (Lipinski definition) is 2. The van der Waals surface area contributed by atoms with E-state index in [0.29, 0.717) is 6.42 Å². The molecule has 1 aromatic heterocycles. The number of carbonyl (C=O) groups excluding carboxylic acids is 1. The molecule has 0 spiro atoms. The van der Waals surface area contributed by atoms with Crippen molar-refractivity contribution in [3.05, 3.63) is 18.0 Å². The third-order valence-corrected chi connectivity index (χ3v) is 1.31. The van der Waals surface area contributed by atoms with Gasteiger partial charge in [0.05, 0.1) is 6.20 Å². The topological polar surface area (TPSA) is 34.9 Å². The maximum absolute atomic E-state index is 9.96. The van der Waals surface area contributed by atoms with Crippen molar-refractivity contribution in [2.45, 2.75) is 12.8 Å². The molecule has 54 valence electrons. The molecule has 0 aliphatic heterocycles. The summed E-state index contributed by atoms with van der Waals surface area (Å²) in [6, 6.07) is 0. The second kappa shape index (κ2) is 3.15. The van der Waals surface area contributed by atoms with Crippen LogP contribution in [-0.4, -0.2) is 16.1 Å². The van der Waals surface area contributed by atoms with Gasteiger partial charge in [0.2, 0.25) is 0 Å². The molecule has 0 amide bonds. The molecule has 1 heterocycles. The summed E-state index contributed by atoms with van der Waals surface area (Å²) in [5.41, 5.74) is 1.12. The summed E-state index contributed by atoms with van der Waals surface area (Å²) in [6.07, 6.45) is 6.02. The zero-order chi connectivity index (χ0) is 7.40. The lowest BCUT2D eigenvalue weighted by Crippen LogP contribution is -1.85. The second-order valence-corrected chi connectivity index (χ2v) is 2.23. The predicted octanol–water partition coefficient (Wildman–Crippen LogP) is 0.552. The maximum atomic E-state index is 9.96. The molecular weight excluding hydrogens is 128 g/mol. The average molecular weight is 138 g/mol. The minimum absolute atomic E-state index is 0.589. The highest BCUT2D eigenvalue weighted by Gasteiger charge is 1.93. The number of nitrogens with zero attached hydrogens (tertiary/aromatic N) is 2. The summed E-state index contributed by atoms with van der Waals surface area (Å²) in [7, 11) is 1.87. The second-order valence-electron chi connectivity index (χ2n) is 2.23. The molecule has 0 atom stereocenters. The summed E-state index contributed by atoms with van der Waals surface area (Å²) in [6.45, 7) is 0. The van der Waals surface area contributed by atoms with E-state index in [-0.39, 0.29) is 0 Å². The smallest absolute Gasteiger partial charge is 0.120 e. The van der Waals surface area contributed by atoms with Crippen LogP contribution in [0.15, 0.2) is 12.4 Å². The lowest BCUT2D eigenvalue weighted by atomic mass is 10.2. The standard InChI is InChI=1S/C7H10N2O/c1-9-6-7(5-8-9)3-2-4-10/h4-6H,2-3H2,1H3. The number of aldehydes is 1. The Bertz CT molecular complexity index is 217. The van der Waals surface area contributed by atoms with E-state index >= 15 is 0 Å². The monoisotopic (exact) mass is 138 g/mol. The van der Waals surface area contributed by atoms with Crippen LogP contribution in [0.3, 0.4) is 0 Å². The molecule has 1 aromatic rings. The number of carbonyl (C=O) groups is 1. The summed E-state index contributed by atoms with van der Waals surface area (Å²) < 4.78 is 1.74. The minimum atomic E-state index is 0.589. The molecule has 0 aliphatic rings. The molecule has 0 aliphatic carbocycles. The Balaban J connectivity index is 2.49. The molecule has 10 heavy (non-hydrogen) atoms. The summed E-state index contributed by atoms with van der Waals surface area (Å²) in [5.74, 6) is 0. The zero-order valence-corrected chi connectivity index (χ0v) is 5.95. The molecule has 0 N–H and O–H groups in total. The summed E-state index contributed by atoms with van der Waals surface area (Å²) >= 11 is 0. The van der Waals surface area contributed by atoms with Crippen LogP contribution in [0.4, 0.5) is 0 Å². The summed E-state index contributed by atoms with van der Waals surface area (Å²) in [5, 5.41) is 3.97. The third kappa shape index (κ3) is 1.69. The van der Waals surface area contributed by atoms with E-state index in [1.165, 1.54) is 0 Å². The first kappa shape index (κ1) is 6.99. The third-order valence-electron chi connectivity index (χ3n) is 1.31. The van der Waals surface area contributed by atoms with Gasteiger partial charge in [-0.15, -0.1) is 0 Å². The molecule has 0 unspecified atom stereocenters. The zero-order valence-electron chi connectivity index (χ0n) is 5.95. The highest BCUT2D eigenvalue weighted by atomic mass is 16.1. The SMILES string of the molecule is Cn1cc(CCC=O)cn1. The Hall–Kier alpha value is -1.12. The minimum Gasteiger partial charge on any atom is -0.303 e. The first-order valence-electron chi connectivity index (χ1n) is 3.24. The van der Waals surface area contributed by atoms with Gasteiger partial charge in [-0.2, -0.15) is 5.10 Å².